The molecule has 25 heavy (non-hydrogen) atoms. The Hall–Kier alpha value is -3.09. The lowest BCUT2D eigenvalue weighted by atomic mass is 10.1. The average molecular weight is 344 g/mol. The van der Waals surface area contributed by atoms with Crippen LogP contribution in [0.3, 0.4) is 0 Å². The Morgan fingerprint density at radius 3 is 2.40 bits per heavy atom. The summed E-state index contributed by atoms with van der Waals surface area (Å²) in [6.07, 6.45) is 0. The number of benzene rings is 2. The highest BCUT2D eigenvalue weighted by Crippen LogP contribution is 2.32. The number of ether oxygens (including phenoxy) is 2. The van der Waals surface area contributed by atoms with E-state index in [4.69, 9.17) is 9.47 Å². The van der Waals surface area contributed by atoms with Gasteiger partial charge in [0, 0.05) is 24.7 Å². The average Bonchev–Trinajstić information content (AvgIpc) is 2.65. The van der Waals surface area contributed by atoms with Crippen molar-refractivity contribution in [2.75, 3.05) is 21.3 Å². The molecule has 0 radical (unpaired) electrons. The topological polar surface area (TPSA) is 81.9 Å². The van der Waals surface area contributed by atoms with Crippen molar-refractivity contribution in [3.63, 3.8) is 0 Å². The van der Waals surface area contributed by atoms with Crippen LogP contribution in [0.25, 0.3) is 0 Å². The van der Waals surface area contributed by atoms with Crippen molar-refractivity contribution in [2.24, 2.45) is 0 Å². The Kier molecular flexibility index (Phi) is 5.59. The summed E-state index contributed by atoms with van der Waals surface area (Å²) in [6.45, 7) is 1.87. The summed E-state index contributed by atoms with van der Waals surface area (Å²) in [5.41, 5.74) is 1.01. The van der Waals surface area contributed by atoms with Crippen LogP contribution in [0.4, 0.5) is 5.69 Å². The monoisotopic (exact) mass is 344 g/mol. The third-order valence-electron chi connectivity index (χ3n) is 4.10. The SMILES string of the molecule is COc1ccc([C@@H](C)N(C)C(=O)c2cccc([N+](=O)[O-])c2)cc1OC. The van der Waals surface area contributed by atoms with Gasteiger partial charge >= 0.3 is 0 Å². The standard InChI is InChI=1S/C18H20N2O5/c1-12(13-8-9-16(24-3)17(11-13)25-4)19(2)18(21)14-6-5-7-15(10-14)20(22)23/h5-12H,1-4H3/t12-/m1/s1. The quantitative estimate of drug-likeness (QED) is 0.592. The van der Waals surface area contributed by atoms with Crippen molar-refractivity contribution < 1.29 is 19.2 Å². The van der Waals surface area contributed by atoms with E-state index in [1.807, 2.05) is 13.0 Å². The van der Waals surface area contributed by atoms with Gasteiger partial charge in [0.05, 0.1) is 25.2 Å². The van der Waals surface area contributed by atoms with E-state index >= 15 is 0 Å². The number of hydrogen-bond acceptors (Lipinski definition) is 5. The third-order valence-corrected chi connectivity index (χ3v) is 4.10. The molecule has 0 spiro atoms. The van der Waals surface area contributed by atoms with Gasteiger partial charge in [-0.1, -0.05) is 12.1 Å². The molecule has 0 aliphatic heterocycles. The van der Waals surface area contributed by atoms with Gasteiger partial charge < -0.3 is 14.4 Å². The first-order valence-electron chi connectivity index (χ1n) is 7.62. The molecule has 2 aromatic carbocycles. The minimum Gasteiger partial charge on any atom is -0.493 e. The fraction of sp³-hybridized carbons (Fsp3) is 0.278. The zero-order valence-electron chi connectivity index (χ0n) is 14.6. The largest absolute Gasteiger partial charge is 0.493 e. The molecule has 0 fully saturated rings. The summed E-state index contributed by atoms with van der Waals surface area (Å²) in [5.74, 6) is 0.875. The molecule has 1 amide bonds. The lowest BCUT2D eigenvalue weighted by Crippen LogP contribution is -2.29. The van der Waals surface area contributed by atoms with E-state index in [0.717, 1.165) is 5.56 Å². The predicted molar refractivity (Wildman–Crippen MR) is 93.2 cm³/mol. The number of carbonyl (C=O) groups is 1. The zero-order valence-corrected chi connectivity index (χ0v) is 14.6. The lowest BCUT2D eigenvalue weighted by molar-refractivity contribution is -0.384. The molecule has 0 N–H and O–H groups in total. The number of nitro groups is 1. The highest BCUT2D eigenvalue weighted by Gasteiger charge is 2.21. The normalized spacial score (nSPS) is 11.5. The van der Waals surface area contributed by atoms with E-state index in [9.17, 15) is 14.9 Å². The zero-order chi connectivity index (χ0) is 18.6. The highest BCUT2D eigenvalue weighted by atomic mass is 16.6. The molecular formula is C18H20N2O5. The number of methoxy groups -OCH3 is 2. The third kappa shape index (κ3) is 3.88. The molecule has 1 atom stereocenters. The fourth-order valence-corrected chi connectivity index (χ4v) is 2.47. The van der Waals surface area contributed by atoms with Gasteiger partial charge in [-0.25, -0.2) is 0 Å². The minimum atomic E-state index is -0.519. The molecule has 0 bridgehead atoms. The van der Waals surface area contributed by atoms with Crippen LogP contribution in [0.5, 0.6) is 11.5 Å². The van der Waals surface area contributed by atoms with E-state index in [0.29, 0.717) is 11.5 Å². The van der Waals surface area contributed by atoms with Crippen molar-refractivity contribution in [1.82, 2.24) is 4.90 Å². The molecule has 0 aliphatic rings. The van der Waals surface area contributed by atoms with Crippen LogP contribution in [0.1, 0.15) is 28.9 Å². The number of non-ortho nitro benzene ring substituents is 1. The van der Waals surface area contributed by atoms with Crippen molar-refractivity contribution in [3.8, 4) is 11.5 Å². The van der Waals surface area contributed by atoms with Gasteiger partial charge in [-0.15, -0.1) is 0 Å². The second-order valence-electron chi connectivity index (χ2n) is 5.51. The smallest absolute Gasteiger partial charge is 0.270 e. The number of nitrogens with zero attached hydrogens (tertiary/aromatic N) is 2. The van der Waals surface area contributed by atoms with Gasteiger partial charge in [0.15, 0.2) is 11.5 Å². The number of rotatable bonds is 6. The van der Waals surface area contributed by atoms with Gasteiger partial charge in [0.1, 0.15) is 0 Å². The Balaban J connectivity index is 2.27. The van der Waals surface area contributed by atoms with Crippen LogP contribution in [0.2, 0.25) is 0 Å². The molecule has 7 heteroatoms. The maximum absolute atomic E-state index is 12.7. The van der Waals surface area contributed by atoms with Crippen LogP contribution in [0, 0.1) is 10.1 Å². The second kappa shape index (κ2) is 7.65. The van der Waals surface area contributed by atoms with Crippen LogP contribution < -0.4 is 9.47 Å². The Bertz CT molecular complexity index is 791. The number of carbonyl (C=O) groups excluding carboxylic acids is 1. The molecule has 0 heterocycles. The van der Waals surface area contributed by atoms with E-state index < -0.39 is 4.92 Å². The van der Waals surface area contributed by atoms with Gasteiger partial charge in [-0.05, 0) is 30.7 Å². The van der Waals surface area contributed by atoms with Crippen LogP contribution in [0.15, 0.2) is 42.5 Å². The fourth-order valence-electron chi connectivity index (χ4n) is 2.47. The molecule has 7 nitrogen and oxygen atoms in total. The minimum absolute atomic E-state index is 0.113. The first kappa shape index (κ1) is 18.3. The van der Waals surface area contributed by atoms with Gasteiger partial charge in [0.2, 0.25) is 0 Å². The summed E-state index contributed by atoms with van der Waals surface area (Å²) in [5, 5.41) is 10.9. The van der Waals surface area contributed by atoms with Crippen molar-refractivity contribution >= 4 is 11.6 Å². The van der Waals surface area contributed by atoms with E-state index in [1.165, 1.54) is 23.1 Å². The van der Waals surface area contributed by atoms with Crippen LogP contribution >= 0.6 is 0 Å². The molecule has 2 aromatic rings. The predicted octanol–water partition coefficient (Wildman–Crippen LogP) is 3.45. The first-order chi connectivity index (χ1) is 11.9. The van der Waals surface area contributed by atoms with E-state index in [-0.39, 0.29) is 23.2 Å². The molecule has 0 aromatic heterocycles. The summed E-state index contributed by atoms with van der Waals surface area (Å²) in [6, 6.07) is 10.9. The van der Waals surface area contributed by atoms with Gasteiger partial charge in [0.25, 0.3) is 11.6 Å². The van der Waals surface area contributed by atoms with Crippen molar-refractivity contribution in [2.45, 2.75) is 13.0 Å². The number of amides is 1. The van der Waals surface area contributed by atoms with Crippen LogP contribution in [-0.4, -0.2) is 37.0 Å². The second-order valence-corrected chi connectivity index (χ2v) is 5.51. The number of nitro benzene ring substituents is 1. The molecule has 132 valence electrons. The van der Waals surface area contributed by atoms with E-state index in [1.54, 1.807) is 39.5 Å². The molecule has 0 aliphatic carbocycles. The molecule has 0 unspecified atom stereocenters. The maximum atomic E-state index is 12.7. The summed E-state index contributed by atoms with van der Waals surface area (Å²) in [7, 11) is 4.76. The molecule has 2 rings (SSSR count). The van der Waals surface area contributed by atoms with Crippen molar-refractivity contribution in [1.29, 1.82) is 0 Å². The number of hydrogen-bond donors (Lipinski definition) is 0. The maximum Gasteiger partial charge on any atom is 0.270 e. The molecular weight excluding hydrogens is 324 g/mol. The Morgan fingerprint density at radius 1 is 1.12 bits per heavy atom. The van der Waals surface area contributed by atoms with Crippen molar-refractivity contribution in [3.05, 3.63) is 63.7 Å². The first-order valence-corrected chi connectivity index (χ1v) is 7.62. The lowest BCUT2D eigenvalue weighted by Gasteiger charge is -2.26. The Morgan fingerprint density at radius 2 is 1.80 bits per heavy atom. The molecule has 0 saturated carbocycles. The highest BCUT2D eigenvalue weighted by molar-refractivity contribution is 5.94. The molecule has 0 saturated heterocycles. The van der Waals surface area contributed by atoms with Gasteiger partial charge in [-0.3, -0.25) is 14.9 Å². The van der Waals surface area contributed by atoms with Gasteiger partial charge in [-0.2, -0.15) is 0 Å². The van der Waals surface area contributed by atoms with Crippen LogP contribution in [-0.2, 0) is 0 Å². The summed E-state index contributed by atoms with van der Waals surface area (Å²) in [4.78, 5) is 24.6. The Labute approximate surface area is 145 Å². The summed E-state index contributed by atoms with van der Waals surface area (Å²) >= 11 is 0. The van der Waals surface area contributed by atoms with E-state index in [2.05, 4.69) is 0 Å². The summed E-state index contributed by atoms with van der Waals surface area (Å²) < 4.78 is 10.5.